The predicted octanol–water partition coefficient (Wildman–Crippen LogP) is -0.0427. The summed E-state index contributed by atoms with van der Waals surface area (Å²) in [7, 11) is 1.74. The molecule has 20 heavy (non-hydrogen) atoms. The van der Waals surface area contributed by atoms with Crippen LogP contribution >= 0.6 is 0 Å². The lowest BCUT2D eigenvalue weighted by Gasteiger charge is -2.12. The molecule has 0 bridgehead atoms. The summed E-state index contributed by atoms with van der Waals surface area (Å²) in [5, 5.41) is 2.75. The maximum atomic E-state index is 12.0. The van der Waals surface area contributed by atoms with Crippen LogP contribution in [0.15, 0.2) is 24.3 Å². The van der Waals surface area contributed by atoms with E-state index in [1.807, 2.05) is 0 Å². The van der Waals surface area contributed by atoms with Gasteiger partial charge >= 0.3 is 0 Å². The van der Waals surface area contributed by atoms with E-state index in [9.17, 15) is 9.59 Å². The van der Waals surface area contributed by atoms with Gasteiger partial charge in [-0.2, -0.15) is 0 Å². The number of nitrogens with two attached hydrogens (primary N) is 1. The molecule has 2 rings (SSSR count). The first-order chi connectivity index (χ1) is 9.61. The molecule has 5 heteroatoms. The molecule has 1 fully saturated rings. The Kier molecular flexibility index (Phi) is 4.38. The average molecular weight is 271 g/mol. The molecule has 1 aromatic carbocycles. The van der Waals surface area contributed by atoms with Gasteiger partial charge in [-0.15, -0.1) is 0 Å². The summed E-state index contributed by atoms with van der Waals surface area (Å²) in [4.78, 5) is 25.4. The average Bonchev–Trinajstić information content (AvgIpc) is 2.77. The van der Waals surface area contributed by atoms with E-state index < -0.39 is 6.04 Å². The van der Waals surface area contributed by atoms with Crippen molar-refractivity contribution in [3.05, 3.63) is 35.4 Å². The first-order valence-corrected chi connectivity index (χ1v) is 6.46. The second-order valence-electron chi connectivity index (χ2n) is 4.66. The van der Waals surface area contributed by atoms with Crippen LogP contribution in [0, 0.1) is 11.8 Å². The number of rotatable bonds is 2. The fraction of sp³-hybridized carbons (Fsp3) is 0.333. The van der Waals surface area contributed by atoms with E-state index in [4.69, 9.17) is 5.73 Å². The molecule has 0 aromatic heterocycles. The number of carbonyl (C=O) groups excluding carboxylic acids is 2. The Hall–Kier alpha value is -2.32. The number of likely N-dealkylation sites (N-methyl/N-ethyl adjacent to an activating group) is 1. The Morgan fingerprint density at radius 1 is 1.45 bits per heavy atom. The Morgan fingerprint density at radius 2 is 2.15 bits per heavy atom. The van der Waals surface area contributed by atoms with Crippen LogP contribution < -0.4 is 11.1 Å². The third-order valence-corrected chi connectivity index (χ3v) is 3.21. The fourth-order valence-corrected chi connectivity index (χ4v) is 2.06. The van der Waals surface area contributed by atoms with Gasteiger partial charge in [-0.3, -0.25) is 9.59 Å². The van der Waals surface area contributed by atoms with Crippen molar-refractivity contribution < 1.29 is 9.59 Å². The molecule has 0 saturated carbocycles. The molecule has 1 aliphatic heterocycles. The highest BCUT2D eigenvalue weighted by atomic mass is 16.2. The van der Waals surface area contributed by atoms with E-state index >= 15 is 0 Å². The van der Waals surface area contributed by atoms with Gasteiger partial charge in [0, 0.05) is 24.7 Å². The standard InChI is InChI=1S/C15H17N3O2/c1-18-10-8-13(15(18)20)17-14(19)12-6-4-11(5-7-12)3-2-9-16/h4-7,13H,8-10,16H2,1H3,(H,17,19). The van der Waals surface area contributed by atoms with E-state index in [2.05, 4.69) is 17.2 Å². The molecule has 1 aliphatic rings. The van der Waals surface area contributed by atoms with Crippen molar-refractivity contribution in [2.24, 2.45) is 5.73 Å². The molecular formula is C15H17N3O2. The highest BCUT2D eigenvalue weighted by Crippen LogP contribution is 2.10. The Bertz CT molecular complexity index is 569. The summed E-state index contributed by atoms with van der Waals surface area (Å²) in [5.74, 6) is 5.36. The number of carbonyl (C=O) groups is 2. The Balaban J connectivity index is 2.01. The monoisotopic (exact) mass is 271 g/mol. The predicted molar refractivity (Wildman–Crippen MR) is 75.9 cm³/mol. The van der Waals surface area contributed by atoms with Crippen LogP contribution in [0.2, 0.25) is 0 Å². The zero-order chi connectivity index (χ0) is 14.5. The van der Waals surface area contributed by atoms with Crippen LogP contribution in [-0.2, 0) is 4.79 Å². The number of likely N-dealkylation sites (tertiary alicyclic amines) is 1. The Labute approximate surface area is 118 Å². The van der Waals surface area contributed by atoms with Crippen molar-refractivity contribution in [2.45, 2.75) is 12.5 Å². The van der Waals surface area contributed by atoms with Gasteiger partial charge in [0.1, 0.15) is 6.04 Å². The van der Waals surface area contributed by atoms with Crippen LogP contribution in [0.5, 0.6) is 0 Å². The van der Waals surface area contributed by atoms with Crippen LogP contribution in [0.25, 0.3) is 0 Å². The van der Waals surface area contributed by atoms with Gasteiger partial charge < -0.3 is 16.0 Å². The minimum absolute atomic E-state index is 0.0382. The minimum Gasteiger partial charge on any atom is -0.344 e. The van der Waals surface area contributed by atoms with Gasteiger partial charge in [-0.05, 0) is 30.7 Å². The quantitative estimate of drug-likeness (QED) is 0.741. The molecular weight excluding hydrogens is 254 g/mol. The molecule has 0 radical (unpaired) electrons. The molecule has 2 amide bonds. The second kappa shape index (κ2) is 6.22. The molecule has 1 aromatic rings. The normalized spacial score (nSPS) is 17.6. The first kappa shape index (κ1) is 14.1. The summed E-state index contributed by atoms with van der Waals surface area (Å²) in [5.41, 5.74) is 6.62. The van der Waals surface area contributed by atoms with Gasteiger partial charge in [0.15, 0.2) is 0 Å². The molecule has 0 aliphatic carbocycles. The summed E-state index contributed by atoms with van der Waals surface area (Å²) in [6.07, 6.45) is 0.654. The van der Waals surface area contributed by atoms with E-state index in [-0.39, 0.29) is 11.8 Å². The highest BCUT2D eigenvalue weighted by Gasteiger charge is 2.30. The van der Waals surface area contributed by atoms with Crippen molar-refractivity contribution in [2.75, 3.05) is 20.1 Å². The topological polar surface area (TPSA) is 75.4 Å². The van der Waals surface area contributed by atoms with E-state index in [1.54, 1.807) is 36.2 Å². The highest BCUT2D eigenvalue weighted by molar-refractivity contribution is 5.98. The number of amides is 2. The SMILES string of the molecule is CN1CCC(NC(=O)c2ccc(C#CCN)cc2)C1=O. The van der Waals surface area contributed by atoms with Gasteiger partial charge in [-0.1, -0.05) is 11.8 Å². The van der Waals surface area contributed by atoms with Crippen molar-refractivity contribution >= 4 is 11.8 Å². The van der Waals surface area contributed by atoms with Gasteiger partial charge in [0.2, 0.25) is 5.91 Å². The zero-order valence-corrected chi connectivity index (χ0v) is 11.3. The zero-order valence-electron chi connectivity index (χ0n) is 11.3. The third kappa shape index (κ3) is 3.16. The van der Waals surface area contributed by atoms with Crippen LogP contribution in [0.4, 0.5) is 0 Å². The number of nitrogens with one attached hydrogen (secondary N) is 1. The van der Waals surface area contributed by atoms with Gasteiger partial charge in [0.25, 0.3) is 5.91 Å². The van der Waals surface area contributed by atoms with Crippen molar-refractivity contribution in [1.29, 1.82) is 0 Å². The Morgan fingerprint density at radius 3 is 2.70 bits per heavy atom. The number of hydrogen-bond acceptors (Lipinski definition) is 3. The lowest BCUT2D eigenvalue weighted by molar-refractivity contribution is -0.128. The molecule has 1 saturated heterocycles. The van der Waals surface area contributed by atoms with Crippen LogP contribution in [0.3, 0.4) is 0 Å². The lowest BCUT2D eigenvalue weighted by atomic mass is 10.1. The van der Waals surface area contributed by atoms with E-state index in [0.717, 1.165) is 5.56 Å². The number of nitrogens with zero attached hydrogens (tertiary/aromatic N) is 1. The molecule has 1 atom stereocenters. The molecule has 3 N–H and O–H groups in total. The lowest BCUT2D eigenvalue weighted by Crippen LogP contribution is -2.40. The van der Waals surface area contributed by atoms with Gasteiger partial charge in [-0.25, -0.2) is 0 Å². The smallest absolute Gasteiger partial charge is 0.251 e. The van der Waals surface area contributed by atoms with E-state index in [0.29, 0.717) is 25.1 Å². The maximum absolute atomic E-state index is 12.0. The van der Waals surface area contributed by atoms with Gasteiger partial charge in [0.05, 0.1) is 6.54 Å². The molecule has 1 unspecified atom stereocenters. The second-order valence-corrected chi connectivity index (χ2v) is 4.66. The largest absolute Gasteiger partial charge is 0.344 e. The summed E-state index contributed by atoms with van der Waals surface area (Å²) in [6.45, 7) is 0.983. The number of hydrogen-bond donors (Lipinski definition) is 2. The maximum Gasteiger partial charge on any atom is 0.251 e. The molecule has 5 nitrogen and oxygen atoms in total. The number of benzene rings is 1. The summed E-state index contributed by atoms with van der Waals surface area (Å²) in [6, 6.07) is 6.50. The van der Waals surface area contributed by atoms with Crippen LogP contribution in [-0.4, -0.2) is 42.9 Å². The van der Waals surface area contributed by atoms with E-state index in [1.165, 1.54) is 0 Å². The molecule has 1 heterocycles. The third-order valence-electron chi connectivity index (χ3n) is 3.21. The van der Waals surface area contributed by atoms with Crippen LogP contribution in [0.1, 0.15) is 22.3 Å². The van der Waals surface area contributed by atoms with Crippen molar-refractivity contribution in [1.82, 2.24) is 10.2 Å². The first-order valence-electron chi connectivity index (χ1n) is 6.46. The fourth-order valence-electron chi connectivity index (χ4n) is 2.06. The summed E-state index contributed by atoms with van der Waals surface area (Å²) < 4.78 is 0. The van der Waals surface area contributed by atoms with Crippen molar-refractivity contribution in [3.8, 4) is 11.8 Å². The summed E-state index contributed by atoms with van der Waals surface area (Å²) >= 11 is 0. The molecule has 104 valence electrons. The minimum atomic E-state index is -0.413. The molecule has 0 spiro atoms. The van der Waals surface area contributed by atoms with Crippen molar-refractivity contribution in [3.63, 3.8) is 0 Å².